The van der Waals surface area contributed by atoms with Crippen LogP contribution in [0.1, 0.15) is 30.7 Å². The molecule has 1 atom stereocenters. The van der Waals surface area contributed by atoms with E-state index in [2.05, 4.69) is 18.3 Å². The molecule has 0 saturated heterocycles. The minimum Gasteiger partial charge on any atom is -0.490 e. The minimum absolute atomic E-state index is 0.160. The standard InChI is InChI=1S/C16H19NO3/c1-12(14-7-3-8-18-14)17-11-13-5-2-6-15-16(13)20-10-4-9-19-15/h2-3,5-8,12,17H,4,9-11H2,1H3. The first kappa shape index (κ1) is 13.1. The Morgan fingerprint density at radius 2 is 2.05 bits per heavy atom. The van der Waals surface area contributed by atoms with Crippen molar-refractivity contribution < 1.29 is 13.9 Å². The number of hydrogen-bond donors (Lipinski definition) is 1. The van der Waals surface area contributed by atoms with Gasteiger partial charge in [0.05, 0.1) is 25.5 Å². The number of nitrogens with one attached hydrogen (secondary N) is 1. The van der Waals surface area contributed by atoms with Crippen LogP contribution in [0.3, 0.4) is 0 Å². The third-order valence-electron chi connectivity index (χ3n) is 3.42. The lowest BCUT2D eigenvalue weighted by molar-refractivity contribution is 0.295. The van der Waals surface area contributed by atoms with E-state index in [1.54, 1.807) is 6.26 Å². The summed E-state index contributed by atoms with van der Waals surface area (Å²) in [6.45, 7) is 4.22. The lowest BCUT2D eigenvalue weighted by Gasteiger charge is -2.15. The Balaban J connectivity index is 1.71. The maximum atomic E-state index is 5.81. The van der Waals surface area contributed by atoms with Crippen molar-refractivity contribution in [1.29, 1.82) is 0 Å². The maximum absolute atomic E-state index is 5.81. The van der Waals surface area contributed by atoms with Crippen LogP contribution in [0.2, 0.25) is 0 Å². The quantitative estimate of drug-likeness (QED) is 0.928. The monoisotopic (exact) mass is 273 g/mol. The molecule has 106 valence electrons. The first-order valence-electron chi connectivity index (χ1n) is 6.99. The van der Waals surface area contributed by atoms with Gasteiger partial charge in [0.15, 0.2) is 11.5 Å². The number of para-hydroxylation sites is 1. The van der Waals surface area contributed by atoms with E-state index in [0.717, 1.165) is 29.2 Å². The lowest BCUT2D eigenvalue weighted by Crippen LogP contribution is -2.18. The molecule has 4 nitrogen and oxygen atoms in total. The van der Waals surface area contributed by atoms with Gasteiger partial charge in [0.25, 0.3) is 0 Å². The fraction of sp³-hybridized carbons (Fsp3) is 0.375. The van der Waals surface area contributed by atoms with Crippen molar-refractivity contribution in [1.82, 2.24) is 5.32 Å². The van der Waals surface area contributed by atoms with E-state index >= 15 is 0 Å². The summed E-state index contributed by atoms with van der Waals surface area (Å²) in [7, 11) is 0. The first-order chi connectivity index (χ1) is 9.84. The van der Waals surface area contributed by atoms with Crippen LogP contribution in [0.5, 0.6) is 11.5 Å². The summed E-state index contributed by atoms with van der Waals surface area (Å²) < 4.78 is 16.9. The molecule has 20 heavy (non-hydrogen) atoms. The van der Waals surface area contributed by atoms with Gasteiger partial charge >= 0.3 is 0 Å². The molecule has 0 bridgehead atoms. The van der Waals surface area contributed by atoms with E-state index in [-0.39, 0.29) is 6.04 Å². The van der Waals surface area contributed by atoms with Crippen LogP contribution in [0, 0.1) is 0 Å². The Bertz CT molecular complexity index is 551. The fourth-order valence-corrected chi connectivity index (χ4v) is 2.29. The van der Waals surface area contributed by atoms with Gasteiger partial charge in [-0.3, -0.25) is 0 Å². The largest absolute Gasteiger partial charge is 0.490 e. The van der Waals surface area contributed by atoms with Crippen LogP contribution in [-0.2, 0) is 6.54 Å². The number of ether oxygens (including phenoxy) is 2. The average Bonchev–Trinajstić information content (AvgIpc) is 2.90. The van der Waals surface area contributed by atoms with E-state index in [1.807, 2.05) is 24.3 Å². The molecular formula is C16H19NO3. The maximum Gasteiger partial charge on any atom is 0.165 e. The summed E-state index contributed by atoms with van der Waals surface area (Å²) >= 11 is 0. The van der Waals surface area contributed by atoms with Crippen molar-refractivity contribution in [2.24, 2.45) is 0 Å². The van der Waals surface area contributed by atoms with Gasteiger partial charge in [-0.05, 0) is 25.1 Å². The van der Waals surface area contributed by atoms with E-state index in [4.69, 9.17) is 13.9 Å². The van der Waals surface area contributed by atoms with Crippen molar-refractivity contribution in [3.63, 3.8) is 0 Å². The highest BCUT2D eigenvalue weighted by Crippen LogP contribution is 2.33. The van der Waals surface area contributed by atoms with Gasteiger partial charge < -0.3 is 19.2 Å². The average molecular weight is 273 g/mol. The molecule has 0 spiro atoms. The van der Waals surface area contributed by atoms with Crippen LogP contribution < -0.4 is 14.8 Å². The second-order valence-corrected chi connectivity index (χ2v) is 4.91. The Morgan fingerprint density at radius 3 is 2.90 bits per heavy atom. The third-order valence-corrected chi connectivity index (χ3v) is 3.42. The number of benzene rings is 1. The normalized spacial score (nSPS) is 15.7. The molecule has 1 unspecified atom stereocenters. The van der Waals surface area contributed by atoms with Gasteiger partial charge in [0, 0.05) is 18.5 Å². The lowest BCUT2D eigenvalue weighted by atomic mass is 10.1. The summed E-state index contributed by atoms with van der Waals surface area (Å²) in [5.74, 6) is 2.64. The fourth-order valence-electron chi connectivity index (χ4n) is 2.29. The van der Waals surface area contributed by atoms with Gasteiger partial charge in [-0.25, -0.2) is 0 Å². The highest BCUT2D eigenvalue weighted by atomic mass is 16.5. The zero-order chi connectivity index (χ0) is 13.8. The van der Waals surface area contributed by atoms with Crippen molar-refractivity contribution in [2.75, 3.05) is 13.2 Å². The summed E-state index contributed by atoms with van der Waals surface area (Å²) in [6.07, 6.45) is 2.61. The highest BCUT2D eigenvalue weighted by Gasteiger charge is 2.15. The van der Waals surface area contributed by atoms with E-state index in [0.29, 0.717) is 19.8 Å². The van der Waals surface area contributed by atoms with Crippen LogP contribution in [0.25, 0.3) is 0 Å². The topological polar surface area (TPSA) is 43.6 Å². The summed E-state index contributed by atoms with van der Waals surface area (Å²) in [5.41, 5.74) is 1.11. The van der Waals surface area contributed by atoms with Gasteiger partial charge in [0.2, 0.25) is 0 Å². The van der Waals surface area contributed by atoms with Gasteiger partial charge in [-0.1, -0.05) is 12.1 Å². The Hall–Kier alpha value is -1.94. The molecule has 1 aliphatic rings. The molecule has 1 aromatic carbocycles. The van der Waals surface area contributed by atoms with Crippen LogP contribution in [-0.4, -0.2) is 13.2 Å². The second-order valence-electron chi connectivity index (χ2n) is 4.91. The summed E-state index contributed by atoms with van der Waals surface area (Å²) in [6, 6.07) is 10.1. The molecule has 3 rings (SSSR count). The Kier molecular flexibility index (Phi) is 3.92. The molecule has 1 N–H and O–H groups in total. The van der Waals surface area contributed by atoms with Crippen LogP contribution >= 0.6 is 0 Å². The van der Waals surface area contributed by atoms with Crippen molar-refractivity contribution in [3.8, 4) is 11.5 Å². The Morgan fingerprint density at radius 1 is 1.15 bits per heavy atom. The second kappa shape index (κ2) is 6.01. The van der Waals surface area contributed by atoms with Crippen molar-refractivity contribution in [3.05, 3.63) is 47.9 Å². The molecule has 0 aliphatic carbocycles. The molecule has 0 radical (unpaired) electrons. The molecule has 0 fully saturated rings. The zero-order valence-corrected chi connectivity index (χ0v) is 11.6. The highest BCUT2D eigenvalue weighted by molar-refractivity contribution is 5.47. The Labute approximate surface area is 118 Å². The van der Waals surface area contributed by atoms with Gasteiger partial charge in [0.1, 0.15) is 5.76 Å². The molecule has 1 aliphatic heterocycles. The molecule has 0 amide bonds. The van der Waals surface area contributed by atoms with Crippen LogP contribution in [0.15, 0.2) is 41.0 Å². The molecule has 2 aromatic rings. The molecule has 1 aromatic heterocycles. The van der Waals surface area contributed by atoms with E-state index in [9.17, 15) is 0 Å². The number of rotatable bonds is 4. The molecule has 0 saturated carbocycles. The molecular weight excluding hydrogens is 254 g/mol. The van der Waals surface area contributed by atoms with Gasteiger partial charge in [-0.2, -0.15) is 0 Å². The predicted octanol–water partition coefficient (Wildman–Crippen LogP) is 3.29. The van der Waals surface area contributed by atoms with E-state index in [1.165, 1.54) is 0 Å². The number of hydrogen-bond acceptors (Lipinski definition) is 4. The first-order valence-corrected chi connectivity index (χ1v) is 6.99. The number of furan rings is 1. The van der Waals surface area contributed by atoms with Gasteiger partial charge in [-0.15, -0.1) is 0 Å². The number of fused-ring (bicyclic) bond motifs is 1. The molecule has 2 heterocycles. The van der Waals surface area contributed by atoms with Crippen LogP contribution in [0.4, 0.5) is 0 Å². The van der Waals surface area contributed by atoms with Crippen molar-refractivity contribution in [2.45, 2.75) is 25.9 Å². The third kappa shape index (κ3) is 2.80. The zero-order valence-electron chi connectivity index (χ0n) is 11.6. The predicted molar refractivity (Wildman–Crippen MR) is 76.0 cm³/mol. The van der Waals surface area contributed by atoms with Crippen molar-refractivity contribution >= 4 is 0 Å². The summed E-state index contributed by atoms with van der Waals surface area (Å²) in [5, 5.41) is 3.44. The smallest absolute Gasteiger partial charge is 0.165 e. The van der Waals surface area contributed by atoms with E-state index < -0.39 is 0 Å². The SMILES string of the molecule is CC(NCc1cccc2c1OCCCO2)c1ccco1. The summed E-state index contributed by atoms with van der Waals surface area (Å²) in [4.78, 5) is 0. The molecule has 4 heteroatoms. The minimum atomic E-state index is 0.160.